The molecule has 0 radical (unpaired) electrons. The van der Waals surface area contributed by atoms with Crippen molar-refractivity contribution in [2.75, 3.05) is 5.75 Å². The quantitative estimate of drug-likeness (QED) is 0.675. The number of oxazole rings is 1. The summed E-state index contributed by atoms with van der Waals surface area (Å²) < 4.78 is 18.1. The fourth-order valence-corrected chi connectivity index (χ4v) is 3.77. The normalized spacial score (nSPS) is 13.1. The van der Waals surface area contributed by atoms with E-state index < -0.39 is 10.8 Å². The molecule has 1 N–H and O–H groups in total. The van der Waals surface area contributed by atoms with Crippen molar-refractivity contribution in [1.29, 1.82) is 0 Å². The molecule has 3 rings (SSSR count). The van der Waals surface area contributed by atoms with Crippen LogP contribution in [0.15, 0.2) is 65.1 Å². The van der Waals surface area contributed by atoms with Crippen molar-refractivity contribution in [3.63, 3.8) is 0 Å². The zero-order chi connectivity index (χ0) is 19.2. The van der Waals surface area contributed by atoms with Gasteiger partial charge in [-0.2, -0.15) is 0 Å². The van der Waals surface area contributed by atoms with Gasteiger partial charge >= 0.3 is 0 Å². The van der Waals surface area contributed by atoms with E-state index in [0.29, 0.717) is 17.3 Å². The molecule has 2 unspecified atom stereocenters. The number of aryl methyl sites for hydroxylation is 1. The zero-order valence-corrected chi connectivity index (χ0v) is 16.2. The van der Waals surface area contributed by atoms with Gasteiger partial charge in [0.15, 0.2) is 0 Å². The number of aromatic nitrogens is 1. The summed E-state index contributed by atoms with van der Waals surface area (Å²) in [5, 5.41) is 2.88. The van der Waals surface area contributed by atoms with Gasteiger partial charge in [0.1, 0.15) is 11.5 Å². The molecule has 1 heterocycles. The van der Waals surface area contributed by atoms with Gasteiger partial charge in [0.05, 0.1) is 17.5 Å². The van der Waals surface area contributed by atoms with E-state index in [4.69, 9.17) is 4.42 Å². The Hall–Kier alpha value is -2.73. The van der Waals surface area contributed by atoms with Gasteiger partial charge in [-0.3, -0.25) is 9.00 Å². The first-order valence-electron chi connectivity index (χ1n) is 8.74. The summed E-state index contributed by atoms with van der Waals surface area (Å²) in [7, 11) is -1.36. The minimum atomic E-state index is -1.36. The van der Waals surface area contributed by atoms with E-state index in [1.165, 1.54) is 0 Å². The van der Waals surface area contributed by atoms with Crippen molar-refractivity contribution in [3.05, 3.63) is 77.7 Å². The number of nitrogens with one attached hydrogen (secondary N) is 1. The molecule has 0 saturated carbocycles. The molecule has 0 aliphatic rings. The first-order valence-corrected chi connectivity index (χ1v) is 10.2. The molecular formula is C21H22N2O3S. The van der Waals surface area contributed by atoms with Crippen LogP contribution < -0.4 is 5.32 Å². The molecule has 6 heteroatoms. The molecule has 1 aromatic heterocycles. The van der Waals surface area contributed by atoms with E-state index in [1.807, 2.05) is 67.6 Å². The highest BCUT2D eigenvalue weighted by Crippen LogP contribution is 2.22. The SMILES string of the molecule is Cc1oc(-c2ccccc2)nc1CS(=O)CC(=O)NC(C)c1ccccc1. The zero-order valence-electron chi connectivity index (χ0n) is 15.3. The second-order valence-corrected chi connectivity index (χ2v) is 7.77. The van der Waals surface area contributed by atoms with Crippen molar-refractivity contribution < 1.29 is 13.4 Å². The van der Waals surface area contributed by atoms with Gasteiger partial charge < -0.3 is 9.73 Å². The molecule has 0 bridgehead atoms. The Morgan fingerprint density at radius 2 is 1.74 bits per heavy atom. The molecule has 3 aromatic rings. The predicted molar refractivity (Wildman–Crippen MR) is 106 cm³/mol. The first kappa shape index (κ1) is 19.0. The van der Waals surface area contributed by atoms with Gasteiger partial charge in [0.2, 0.25) is 11.8 Å². The molecular weight excluding hydrogens is 360 g/mol. The number of benzene rings is 2. The van der Waals surface area contributed by atoms with Crippen molar-refractivity contribution >= 4 is 16.7 Å². The van der Waals surface area contributed by atoms with Crippen LogP contribution in [0.2, 0.25) is 0 Å². The molecule has 140 valence electrons. The van der Waals surface area contributed by atoms with E-state index in [0.717, 1.165) is 11.1 Å². The highest BCUT2D eigenvalue weighted by atomic mass is 32.2. The Morgan fingerprint density at radius 3 is 2.41 bits per heavy atom. The number of nitrogens with zero attached hydrogens (tertiary/aromatic N) is 1. The van der Waals surface area contributed by atoms with Crippen LogP contribution >= 0.6 is 0 Å². The molecule has 2 atom stereocenters. The van der Waals surface area contributed by atoms with E-state index in [9.17, 15) is 9.00 Å². The molecule has 0 aliphatic carbocycles. The number of amides is 1. The maximum absolute atomic E-state index is 12.4. The Labute approximate surface area is 161 Å². The summed E-state index contributed by atoms with van der Waals surface area (Å²) in [5.41, 5.74) is 2.50. The topological polar surface area (TPSA) is 72.2 Å². The standard InChI is InChI=1S/C21H22N2O3S/c1-15(17-9-5-3-6-10-17)22-20(24)14-27(25)13-19-16(2)26-21(23-19)18-11-7-4-8-12-18/h3-12,15H,13-14H2,1-2H3,(H,22,24). The van der Waals surface area contributed by atoms with Crippen LogP contribution in [0.5, 0.6) is 0 Å². The number of carbonyl (C=O) groups excluding carboxylic acids is 1. The average molecular weight is 382 g/mol. The van der Waals surface area contributed by atoms with Gasteiger partial charge in [-0.05, 0) is 31.5 Å². The fraction of sp³-hybridized carbons (Fsp3) is 0.238. The number of rotatable bonds is 7. The Bertz CT molecular complexity index is 923. The summed E-state index contributed by atoms with van der Waals surface area (Å²) in [4.78, 5) is 16.6. The molecule has 27 heavy (non-hydrogen) atoms. The minimum absolute atomic E-state index is 0.0653. The molecule has 0 aliphatic heterocycles. The second-order valence-electron chi connectivity index (χ2n) is 6.32. The Kier molecular flexibility index (Phi) is 6.19. The third kappa shape index (κ3) is 5.14. The number of carbonyl (C=O) groups is 1. The first-order chi connectivity index (χ1) is 13.0. The van der Waals surface area contributed by atoms with E-state index in [-0.39, 0.29) is 23.5 Å². The third-order valence-electron chi connectivity index (χ3n) is 4.18. The van der Waals surface area contributed by atoms with Crippen molar-refractivity contribution in [3.8, 4) is 11.5 Å². The smallest absolute Gasteiger partial charge is 0.233 e. The van der Waals surface area contributed by atoms with Crippen LogP contribution in [0.25, 0.3) is 11.5 Å². The van der Waals surface area contributed by atoms with Crippen molar-refractivity contribution in [2.45, 2.75) is 25.6 Å². The van der Waals surface area contributed by atoms with Crippen LogP contribution in [0.1, 0.15) is 30.0 Å². The molecule has 2 aromatic carbocycles. The average Bonchev–Trinajstić information content (AvgIpc) is 3.03. The van der Waals surface area contributed by atoms with Gasteiger partial charge in [-0.15, -0.1) is 0 Å². The lowest BCUT2D eigenvalue weighted by Crippen LogP contribution is -2.31. The highest BCUT2D eigenvalue weighted by molar-refractivity contribution is 7.84. The Morgan fingerprint density at radius 1 is 1.11 bits per heavy atom. The number of hydrogen-bond donors (Lipinski definition) is 1. The van der Waals surface area contributed by atoms with Crippen LogP contribution in [0.3, 0.4) is 0 Å². The summed E-state index contributed by atoms with van der Waals surface area (Å²) >= 11 is 0. The summed E-state index contributed by atoms with van der Waals surface area (Å²) in [6.07, 6.45) is 0. The lowest BCUT2D eigenvalue weighted by molar-refractivity contribution is -0.119. The monoisotopic (exact) mass is 382 g/mol. The molecule has 5 nitrogen and oxygen atoms in total. The fourth-order valence-electron chi connectivity index (χ4n) is 2.72. The minimum Gasteiger partial charge on any atom is -0.441 e. The summed E-state index contributed by atoms with van der Waals surface area (Å²) in [6.45, 7) is 3.70. The lowest BCUT2D eigenvalue weighted by atomic mass is 10.1. The Balaban J connectivity index is 1.58. The van der Waals surface area contributed by atoms with Crippen LogP contribution in [0.4, 0.5) is 0 Å². The molecule has 0 fully saturated rings. The van der Waals surface area contributed by atoms with E-state index in [1.54, 1.807) is 6.92 Å². The molecule has 0 saturated heterocycles. The maximum atomic E-state index is 12.4. The van der Waals surface area contributed by atoms with Crippen LogP contribution in [-0.2, 0) is 21.3 Å². The molecule has 1 amide bonds. The van der Waals surface area contributed by atoms with Gasteiger partial charge in [-0.1, -0.05) is 48.5 Å². The summed E-state index contributed by atoms with van der Waals surface area (Å²) in [5.74, 6) is 1.01. The van der Waals surface area contributed by atoms with Gasteiger partial charge in [0.25, 0.3) is 0 Å². The van der Waals surface area contributed by atoms with E-state index in [2.05, 4.69) is 10.3 Å². The number of hydrogen-bond acceptors (Lipinski definition) is 4. The van der Waals surface area contributed by atoms with Crippen LogP contribution in [0, 0.1) is 6.92 Å². The van der Waals surface area contributed by atoms with Gasteiger partial charge in [-0.25, -0.2) is 4.98 Å². The van der Waals surface area contributed by atoms with Gasteiger partial charge in [0, 0.05) is 16.4 Å². The predicted octanol–water partition coefficient (Wildman–Crippen LogP) is 3.78. The third-order valence-corrected chi connectivity index (χ3v) is 5.36. The van der Waals surface area contributed by atoms with E-state index >= 15 is 0 Å². The molecule has 0 spiro atoms. The van der Waals surface area contributed by atoms with Crippen molar-refractivity contribution in [1.82, 2.24) is 10.3 Å². The highest BCUT2D eigenvalue weighted by Gasteiger charge is 2.17. The lowest BCUT2D eigenvalue weighted by Gasteiger charge is -2.13. The second kappa shape index (κ2) is 8.77. The maximum Gasteiger partial charge on any atom is 0.233 e. The largest absolute Gasteiger partial charge is 0.441 e. The summed E-state index contributed by atoms with van der Waals surface area (Å²) in [6, 6.07) is 19.1. The van der Waals surface area contributed by atoms with Crippen LogP contribution in [-0.4, -0.2) is 20.9 Å². The van der Waals surface area contributed by atoms with Crippen molar-refractivity contribution in [2.24, 2.45) is 0 Å².